The lowest BCUT2D eigenvalue weighted by Crippen LogP contribution is -2.20. The third kappa shape index (κ3) is 3.61. The zero-order valence-corrected chi connectivity index (χ0v) is 8.33. The Morgan fingerprint density at radius 1 is 1.54 bits per heavy atom. The summed E-state index contributed by atoms with van der Waals surface area (Å²) in [6.07, 6.45) is 4.77. The van der Waals surface area contributed by atoms with Crippen molar-refractivity contribution in [2.24, 2.45) is 5.73 Å². The fraction of sp³-hybridized carbons (Fsp3) is 0.600. The van der Waals surface area contributed by atoms with Crippen LogP contribution in [0.25, 0.3) is 0 Å². The maximum Gasteiger partial charge on any atom is 0.0608 e. The number of aryl methyl sites for hydroxylation is 1. The number of rotatable bonds is 4. The first-order valence-corrected chi connectivity index (χ1v) is 4.58. The van der Waals surface area contributed by atoms with E-state index in [9.17, 15) is 5.11 Å². The third-order valence-corrected chi connectivity index (χ3v) is 2.03. The SMILES string of the molecule is CC(C)(O)CCn1ccc(CN)c1. The first-order valence-electron chi connectivity index (χ1n) is 4.58. The van der Waals surface area contributed by atoms with E-state index in [1.54, 1.807) is 0 Å². The first kappa shape index (κ1) is 10.3. The summed E-state index contributed by atoms with van der Waals surface area (Å²) in [6, 6.07) is 2.00. The predicted octanol–water partition coefficient (Wildman–Crippen LogP) is 1.11. The molecule has 0 atom stereocenters. The van der Waals surface area contributed by atoms with Crippen molar-refractivity contribution in [2.45, 2.75) is 39.0 Å². The van der Waals surface area contributed by atoms with Crippen molar-refractivity contribution >= 4 is 0 Å². The van der Waals surface area contributed by atoms with E-state index in [0.717, 1.165) is 18.5 Å². The van der Waals surface area contributed by atoms with Gasteiger partial charge in [-0.25, -0.2) is 0 Å². The standard InChI is InChI=1S/C10H18N2O/c1-10(2,13)4-6-12-5-3-9(7-11)8-12/h3,5,8,13H,4,6-7,11H2,1-2H3. The maximum absolute atomic E-state index is 9.50. The molecule has 0 bridgehead atoms. The Morgan fingerprint density at radius 3 is 2.69 bits per heavy atom. The summed E-state index contributed by atoms with van der Waals surface area (Å²) in [7, 11) is 0. The van der Waals surface area contributed by atoms with Crippen molar-refractivity contribution in [1.82, 2.24) is 4.57 Å². The summed E-state index contributed by atoms with van der Waals surface area (Å²) in [5.41, 5.74) is 6.03. The van der Waals surface area contributed by atoms with Gasteiger partial charge in [0.05, 0.1) is 5.60 Å². The highest BCUT2D eigenvalue weighted by Gasteiger charge is 2.11. The van der Waals surface area contributed by atoms with Crippen LogP contribution in [-0.2, 0) is 13.1 Å². The second-order valence-corrected chi connectivity index (χ2v) is 4.02. The molecule has 0 amide bonds. The van der Waals surface area contributed by atoms with Gasteiger partial charge in [-0.05, 0) is 31.9 Å². The summed E-state index contributed by atoms with van der Waals surface area (Å²) in [5, 5.41) is 9.50. The molecule has 13 heavy (non-hydrogen) atoms. The largest absolute Gasteiger partial charge is 0.390 e. The van der Waals surface area contributed by atoms with Gasteiger partial charge >= 0.3 is 0 Å². The molecule has 0 aromatic carbocycles. The molecular formula is C10H18N2O. The molecule has 0 spiro atoms. The molecule has 0 aliphatic heterocycles. The van der Waals surface area contributed by atoms with Gasteiger partial charge in [0.25, 0.3) is 0 Å². The van der Waals surface area contributed by atoms with Crippen molar-refractivity contribution in [2.75, 3.05) is 0 Å². The molecule has 3 nitrogen and oxygen atoms in total. The van der Waals surface area contributed by atoms with E-state index >= 15 is 0 Å². The molecule has 0 saturated heterocycles. The molecule has 1 aromatic heterocycles. The average molecular weight is 182 g/mol. The Bertz CT molecular complexity index is 260. The van der Waals surface area contributed by atoms with E-state index in [4.69, 9.17) is 5.73 Å². The fourth-order valence-electron chi connectivity index (χ4n) is 1.15. The van der Waals surface area contributed by atoms with Gasteiger partial charge in [-0.1, -0.05) is 0 Å². The second-order valence-electron chi connectivity index (χ2n) is 4.02. The molecule has 1 rings (SSSR count). The zero-order valence-electron chi connectivity index (χ0n) is 8.33. The van der Waals surface area contributed by atoms with Crippen LogP contribution < -0.4 is 5.73 Å². The highest BCUT2D eigenvalue weighted by molar-refractivity contribution is 5.09. The Kier molecular flexibility index (Phi) is 3.12. The molecule has 1 heterocycles. The van der Waals surface area contributed by atoms with Crippen LogP contribution in [-0.4, -0.2) is 15.3 Å². The number of nitrogens with zero attached hydrogens (tertiary/aromatic N) is 1. The Balaban J connectivity index is 2.46. The van der Waals surface area contributed by atoms with Crippen molar-refractivity contribution in [1.29, 1.82) is 0 Å². The first-order chi connectivity index (χ1) is 6.01. The molecule has 0 unspecified atom stereocenters. The number of hydrogen-bond donors (Lipinski definition) is 2. The fourth-order valence-corrected chi connectivity index (χ4v) is 1.15. The van der Waals surface area contributed by atoms with Crippen LogP contribution in [0.4, 0.5) is 0 Å². The number of hydrogen-bond acceptors (Lipinski definition) is 2. The topological polar surface area (TPSA) is 51.2 Å². The highest BCUT2D eigenvalue weighted by atomic mass is 16.3. The lowest BCUT2D eigenvalue weighted by molar-refractivity contribution is 0.0662. The summed E-state index contributed by atoms with van der Waals surface area (Å²) in [6.45, 7) is 5.06. The molecular weight excluding hydrogens is 164 g/mol. The van der Waals surface area contributed by atoms with Crippen molar-refractivity contribution in [3.05, 3.63) is 24.0 Å². The van der Waals surface area contributed by atoms with Gasteiger partial charge < -0.3 is 15.4 Å². The summed E-state index contributed by atoms with van der Waals surface area (Å²) >= 11 is 0. The van der Waals surface area contributed by atoms with E-state index in [2.05, 4.69) is 4.57 Å². The zero-order chi connectivity index (χ0) is 9.90. The van der Waals surface area contributed by atoms with Crippen molar-refractivity contribution < 1.29 is 5.11 Å². The molecule has 0 saturated carbocycles. The summed E-state index contributed by atoms with van der Waals surface area (Å²) < 4.78 is 2.06. The van der Waals surface area contributed by atoms with Crippen LogP contribution in [0.2, 0.25) is 0 Å². The van der Waals surface area contributed by atoms with Gasteiger partial charge in [0, 0.05) is 25.5 Å². The van der Waals surface area contributed by atoms with E-state index in [0.29, 0.717) is 6.54 Å². The van der Waals surface area contributed by atoms with Gasteiger partial charge in [-0.3, -0.25) is 0 Å². The molecule has 1 aromatic rings. The van der Waals surface area contributed by atoms with Crippen LogP contribution in [0.15, 0.2) is 18.5 Å². The lowest BCUT2D eigenvalue weighted by atomic mass is 10.1. The molecule has 0 radical (unpaired) electrons. The molecule has 3 N–H and O–H groups in total. The Hall–Kier alpha value is -0.800. The maximum atomic E-state index is 9.50. The summed E-state index contributed by atoms with van der Waals surface area (Å²) in [4.78, 5) is 0. The van der Waals surface area contributed by atoms with Gasteiger partial charge in [-0.2, -0.15) is 0 Å². The smallest absolute Gasteiger partial charge is 0.0608 e. The molecule has 0 aliphatic carbocycles. The normalized spacial score (nSPS) is 12.0. The van der Waals surface area contributed by atoms with Gasteiger partial charge in [-0.15, -0.1) is 0 Å². The van der Waals surface area contributed by atoms with Gasteiger partial charge in [0.1, 0.15) is 0 Å². The highest BCUT2D eigenvalue weighted by Crippen LogP contribution is 2.10. The van der Waals surface area contributed by atoms with Crippen LogP contribution >= 0.6 is 0 Å². The van der Waals surface area contributed by atoms with Crippen molar-refractivity contribution in [3.8, 4) is 0 Å². The summed E-state index contributed by atoms with van der Waals surface area (Å²) in [5.74, 6) is 0. The quantitative estimate of drug-likeness (QED) is 0.732. The number of aliphatic hydroxyl groups is 1. The minimum atomic E-state index is -0.590. The Morgan fingerprint density at radius 2 is 2.23 bits per heavy atom. The van der Waals surface area contributed by atoms with Crippen molar-refractivity contribution in [3.63, 3.8) is 0 Å². The van der Waals surface area contributed by atoms with E-state index in [1.807, 2.05) is 32.3 Å². The number of nitrogens with two attached hydrogens (primary N) is 1. The predicted molar refractivity (Wildman–Crippen MR) is 53.2 cm³/mol. The Labute approximate surface area is 79.2 Å². The molecule has 3 heteroatoms. The van der Waals surface area contributed by atoms with Crippen LogP contribution in [0.5, 0.6) is 0 Å². The second kappa shape index (κ2) is 3.94. The van der Waals surface area contributed by atoms with E-state index in [1.165, 1.54) is 0 Å². The van der Waals surface area contributed by atoms with Gasteiger partial charge in [0.2, 0.25) is 0 Å². The molecule has 0 fully saturated rings. The van der Waals surface area contributed by atoms with Crippen LogP contribution in [0.1, 0.15) is 25.8 Å². The minimum Gasteiger partial charge on any atom is -0.390 e. The number of aromatic nitrogens is 1. The van der Waals surface area contributed by atoms with E-state index in [-0.39, 0.29) is 0 Å². The average Bonchev–Trinajstić information content (AvgIpc) is 2.47. The molecule has 74 valence electrons. The lowest BCUT2D eigenvalue weighted by Gasteiger charge is -2.16. The van der Waals surface area contributed by atoms with Crippen LogP contribution in [0, 0.1) is 0 Å². The minimum absolute atomic E-state index is 0.579. The van der Waals surface area contributed by atoms with Crippen LogP contribution in [0.3, 0.4) is 0 Å². The monoisotopic (exact) mass is 182 g/mol. The molecule has 0 aliphatic rings. The third-order valence-electron chi connectivity index (χ3n) is 2.03. The van der Waals surface area contributed by atoms with Gasteiger partial charge in [0.15, 0.2) is 0 Å². The van der Waals surface area contributed by atoms with E-state index < -0.39 is 5.60 Å².